The van der Waals surface area contributed by atoms with Crippen LogP contribution >= 0.6 is 23.1 Å². The average Bonchev–Trinajstić information content (AvgIpc) is 2.87. The van der Waals surface area contributed by atoms with Crippen LogP contribution in [0.1, 0.15) is 30.5 Å². The number of nitrogens with one attached hydrogen (secondary N) is 1. The minimum Gasteiger partial charge on any atom is -0.300 e. The van der Waals surface area contributed by atoms with Crippen molar-refractivity contribution in [3.8, 4) is 0 Å². The summed E-state index contributed by atoms with van der Waals surface area (Å²) in [5.74, 6) is 1.56. The Morgan fingerprint density at radius 2 is 2.09 bits per heavy atom. The van der Waals surface area contributed by atoms with Crippen LogP contribution in [0, 0.1) is 19.8 Å². The molecule has 0 fully saturated rings. The molecule has 2 rings (SSSR count). The minimum absolute atomic E-state index is 0.0523. The van der Waals surface area contributed by atoms with Gasteiger partial charge in [-0.25, -0.2) is 0 Å². The van der Waals surface area contributed by atoms with Gasteiger partial charge in [-0.3, -0.25) is 4.79 Å². The fourth-order valence-electron chi connectivity index (χ4n) is 1.94. The summed E-state index contributed by atoms with van der Waals surface area (Å²) in [6, 6.07) is 6.13. The number of aromatic nitrogens is 2. The predicted octanol–water partition coefficient (Wildman–Crippen LogP) is 4.08. The lowest BCUT2D eigenvalue weighted by atomic mass is 10.0. The summed E-state index contributed by atoms with van der Waals surface area (Å²) >= 11 is 3.11. The molecule has 0 unspecified atom stereocenters. The lowest BCUT2D eigenvalue weighted by Gasteiger charge is -2.06. The number of carbonyl (C=O) groups is 1. The molecule has 0 bridgehead atoms. The van der Waals surface area contributed by atoms with E-state index in [-0.39, 0.29) is 5.91 Å². The molecule has 0 aliphatic carbocycles. The summed E-state index contributed by atoms with van der Waals surface area (Å²) < 4.78 is 0.899. The number of rotatable bonds is 6. The van der Waals surface area contributed by atoms with Gasteiger partial charge in [0, 0.05) is 5.75 Å². The molecule has 6 heteroatoms. The highest BCUT2D eigenvalue weighted by atomic mass is 32.2. The molecule has 0 atom stereocenters. The van der Waals surface area contributed by atoms with E-state index >= 15 is 0 Å². The van der Waals surface area contributed by atoms with Crippen molar-refractivity contribution in [1.29, 1.82) is 0 Å². The van der Waals surface area contributed by atoms with E-state index in [1.807, 2.05) is 19.1 Å². The van der Waals surface area contributed by atoms with Crippen LogP contribution in [0.25, 0.3) is 0 Å². The van der Waals surface area contributed by atoms with Crippen LogP contribution in [0.15, 0.2) is 22.5 Å². The highest BCUT2D eigenvalue weighted by molar-refractivity contribution is 8.01. The Balaban J connectivity index is 1.91. The highest BCUT2D eigenvalue weighted by Gasteiger charge is 2.11. The van der Waals surface area contributed by atoms with Crippen molar-refractivity contribution in [2.75, 3.05) is 11.1 Å². The summed E-state index contributed by atoms with van der Waals surface area (Å²) in [5.41, 5.74) is 3.39. The van der Waals surface area contributed by atoms with Gasteiger partial charge in [0.1, 0.15) is 0 Å². The smallest absolute Gasteiger partial charge is 0.230 e. The molecule has 0 radical (unpaired) electrons. The van der Waals surface area contributed by atoms with Crippen LogP contribution in [0.3, 0.4) is 0 Å². The van der Waals surface area contributed by atoms with Gasteiger partial charge in [0.25, 0.3) is 0 Å². The first-order chi connectivity index (χ1) is 10.4. The number of benzene rings is 1. The molecule has 1 aromatic carbocycles. The first-order valence-corrected chi connectivity index (χ1v) is 9.06. The van der Waals surface area contributed by atoms with Crippen LogP contribution in [-0.4, -0.2) is 21.9 Å². The number of amides is 1. The lowest BCUT2D eigenvalue weighted by molar-refractivity contribution is -0.115. The molecular formula is C16H21N3OS2. The third-order valence-electron chi connectivity index (χ3n) is 3.04. The SMILES string of the molecule is Cc1ccc(CC(=O)Nc2nnc(SCC(C)C)s2)c(C)c1. The normalized spacial score (nSPS) is 11.0. The molecule has 22 heavy (non-hydrogen) atoms. The van der Waals surface area contributed by atoms with Gasteiger partial charge >= 0.3 is 0 Å². The van der Waals surface area contributed by atoms with E-state index < -0.39 is 0 Å². The maximum atomic E-state index is 12.1. The van der Waals surface area contributed by atoms with Crippen molar-refractivity contribution >= 4 is 34.1 Å². The Hall–Kier alpha value is -1.40. The molecule has 0 aliphatic rings. The molecule has 1 aromatic heterocycles. The maximum Gasteiger partial charge on any atom is 0.230 e. The van der Waals surface area contributed by atoms with E-state index in [0.717, 1.165) is 21.2 Å². The summed E-state index contributed by atoms with van der Waals surface area (Å²) in [7, 11) is 0. The zero-order chi connectivity index (χ0) is 16.1. The molecule has 118 valence electrons. The lowest BCUT2D eigenvalue weighted by Crippen LogP contribution is -2.14. The van der Waals surface area contributed by atoms with Gasteiger partial charge in [-0.15, -0.1) is 10.2 Å². The van der Waals surface area contributed by atoms with Crippen LogP contribution in [0.5, 0.6) is 0 Å². The summed E-state index contributed by atoms with van der Waals surface area (Å²) in [5, 5.41) is 11.5. The number of anilines is 1. The predicted molar refractivity (Wildman–Crippen MR) is 93.7 cm³/mol. The van der Waals surface area contributed by atoms with E-state index in [1.54, 1.807) is 11.8 Å². The molecule has 0 saturated carbocycles. The Bertz CT molecular complexity index is 653. The van der Waals surface area contributed by atoms with Crippen LogP contribution < -0.4 is 5.32 Å². The van der Waals surface area contributed by atoms with Crippen molar-refractivity contribution in [2.24, 2.45) is 5.92 Å². The second kappa shape index (κ2) is 7.74. The molecule has 1 amide bonds. The molecule has 1 heterocycles. The van der Waals surface area contributed by atoms with E-state index in [2.05, 4.69) is 42.4 Å². The number of hydrogen-bond donors (Lipinski definition) is 1. The number of aryl methyl sites for hydroxylation is 2. The second-order valence-corrected chi connectivity index (χ2v) is 7.98. The third-order valence-corrected chi connectivity index (χ3v) is 5.44. The standard InChI is InChI=1S/C16H21N3OS2/c1-10(2)9-21-16-19-18-15(22-16)17-14(20)8-13-6-5-11(3)7-12(13)4/h5-7,10H,8-9H2,1-4H3,(H,17,18,20). The fourth-order valence-corrected chi connectivity index (χ4v) is 3.68. The van der Waals surface area contributed by atoms with E-state index in [1.165, 1.54) is 16.9 Å². The summed E-state index contributed by atoms with van der Waals surface area (Å²) in [4.78, 5) is 12.1. The van der Waals surface area contributed by atoms with Crippen molar-refractivity contribution in [3.05, 3.63) is 34.9 Å². The van der Waals surface area contributed by atoms with Crippen molar-refractivity contribution in [1.82, 2.24) is 10.2 Å². The Kier molecular flexibility index (Phi) is 5.97. The quantitative estimate of drug-likeness (QED) is 0.638. The molecule has 0 spiro atoms. The van der Waals surface area contributed by atoms with E-state index in [9.17, 15) is 4.79 Å². The maximum absolute atomic E-state index is 12.1. The number of nitrogens with zero attached hydrogens (tertiary/aromatic N) is 2. The van der Waals surface area contributed by atoms with Crippen LogP contribution in [0.2, 0.25) is 0 Å². The van der Waals surface area contributed by atoms with Crippen molar-refractivity contribution < 1.29 is 4.79 Å². The van der Waals surface area contributed by atoms with Gasteiger partial charge < -0.3 is 5.32 Å². The van der Waals surface area contributed by atoms with Gasteiger partial charge in [-0.2, -0.15) is 0 Å². The van der Waals surface area contributed by atoms with Gasteiger partial charge in [0.2, 0.25) is 11.0 Å². The zero-order valence-corrected chi connectivity index (χ0v) is 15.0. The summed E-state index contributed by atoms with van der Waals surface area (Å²) in [6.07, 6.45) is 0.361. The van der Waals surface area contributed by atoms with Crippen molar-refractivity contribution in [3.63, 3.8) is 0 Å². The Morgan fingerprint density at radius 3 is 2.77 bits per heavy atom. The average molecular weight is 335 g/mol. The van der Waals surface area contributed by atoms with Gasteiger partial charge in [-0.1, -0.05) is 60.7 Å². The van der Waals surface area contributed by atoms with E-state index in [0.29, 0.717) is 17.5 Å². The largest absolute Gasteiger partial charge is 0.300 e. The molecular weight excluding hydrogens is 314 g/mol. The van der Waals surface area contributed by atoms with E-state index in [4.69, 9.17) is 0 Å². The molecule has 0 saturated heterocycles. The molecule has 2 aromatic rings. The van der Waals surface area contributed by atoms with Gasteiger partial charge in [0.15, 0.2) is 4.34 Å². The Labute approximate surface area is 139 Å². The second-order valence-electron chi connectivity index (χ2n) is 5.73. The highest BCUT2D eigenvalue weighted by Crippen LogP contribution is 2.27. The summed E-state index contributed by atoms with van der Waals surface area (Å²) in [6.45, 7) is 8.41. The first-order valence-electron chi connectivity index (χ1n) is 7.26. The Morgan fingerprint density at radius 1 is 1.32 bits per heavy atom. The zero-order valence-electron chi connectivity index (χ0n) is 13.3. The fraction of sp³-hybridized carbons (Fsp3) is 0.438. The van der Waals surface area contributed by atoms with Crippen LogP contribution in [0.4, 0.5) is 5.13 Å². The minimum atomic E-state index is -0.0523. The van der Waals surface area contributed by atoms with Gasteiger partial charge in [-0.05, 0) is 30.9 Å². The first kappa shape index (κ1) is 17.0. The molecule has 1 N–H and O–H groups in total. The third kappa shape index (κ3) is 5.10. The molecule has 4 nitrogen and oxygen atoms in total. The van der Waals surface area contributed by atoms with Crippen LogP contribution in [-0.2, 0) is 11.2 Å². The number of carbonyl (C=O) groups excluding carboxylic acids is 1. The number of hydrogen-bond acceptors (Lipinski definition) is 5. The van der Waals surface area contributed by atoms with Crippen molar-refractivity contribution in [2.45, 2.75) is 38.5 Å². The topological polar surface area (TPSA) is 54.9 Å². The monoisotopic (exact) mass is 335 g/mol. The molecule has 0 aliphatic heterocycles. The number of thioether (sulfide) groups is 1. The van der Waals surface area contributed by atoms with Gasteiger partial charge in [0.05, 0.1) is 6.42 Å².